The molecule has 0 spiro atoms. The molecule has 31 heavy (non-hydrogen) atoms. The standard InChI is InChI=1S/C24H26N2O5/c1-16(2)24(30-4,26-15-20(22(26)28)25-17(3)27)23(29)31-21(18-11-7-5-8-12-18)19-13-9-6-10-14-19/h5-14,20-21H,1,15H2,2-4H3,(H,25,27). The summed E-state index contributed by atoms with van der Waals surface area (Å²) in [4.78, 5) is 38.8. The molecule has 0 saturated carbocycles. The van der Waals surface area contributed by atoms with Gasteiger partial charge in [-0.3, -0.25) is 14.5 Å². The zero-order valence-electron chi connectivity index (χ0n) is 17.8. The van der Waals surface area contributed by atoms with E-state index < -0.39 is 29.7 Å². The summed E-state index contributed by atoms with van der Waals surface area (Å²) in [5.74, 6) is -1.52. The Morgan fingerprint density at radius 1 is 1.06 bits per heavy atom. The third-order valence-corrected chi connectivity index (χ3v) is 5.27. The summed E-state index contributed by atoms with van der Waals surface area (Å²) in [7, 11) is 1.33. The van der Waals surface area contributed by atoms with Crippen molar-refractivity contribution in [1.82, 2.24) is 10.2 Å². The Bertz CT molecular complexity index is 936. The largest absolute Gasteiger partial charge is 0.449 e. The topological polar surface area (TPSA) is 84.9 Å². The van der Waals surface area contributed by atoms with Gasteiger partial charge in [-0.1, -0.05) is 67.2 Å². The van der Waals surface area contributed by atoms with Crippen LogP contribution in [0.25, 0.3) is 0 Å². The molecule has 0 radical (unpaired) electrons. The molecular formula is C24H26N2O5. The van der Waals surface area contributed by atoms with Crippen LogP contribution < -0.4 is 5.32 Å². The van der Waals surface area contributed by atoms with Crippen molar-refractivity contribution < 1.29 is 23.9 Å². The van der Waals surface area contributed by atoms with Crippen molar-refractivity contribution in [3.63, 3.8) is 0 Å². The van der Waals surface area contributed by atoms with Crippen LogP contribution in [0.1, 0.15) is 31.1 Å². The van der Waals surface area contributed by atoms with Crippen molar-refractivity contribution in [3.05, 3.63) is 83.9 Å². The van der Waals surface area contributed by atoms with E-state index in [0.29, 0.717) is 5.57 Å². The van der Waals surface area contributed by atoms with Crippen molar-refractivity contribution in [2.45, 2.75) is 31.7 Å². The summed E-state index contributed by atoms with van der Waals surface area (Å²) in [5.41, 5.74) is 0.0579. The highest BCUT2D eigenvalue weighted by atomic mass is 16.6. The van der Waals surface area contributed by atoms with Crippen LogP contribution in [0.4, 0.5) is 0 Å². The Balaban J connectivity index is 1.93. The quantitative estimate of drug-likeness (QED) is 0.402. The lowest BCUT2D eigenvalue weighted by molar-refractivity contribution is -0.205. The van der Waals surface area contributed by atoms with Crippen LogP contribution in [0.15, 0.2) is 72.8 Å². The van der Waals surface area contributed by atoms with E-state index in [1.165, 1.54) is 18.9 Å². The normalized spacial score (nSPS) is 17.5. The van der Waals surface area contributed by atoms with Crippen molar-refractivity contribution in [3.8, 4) is 0 Å². The van der Waals surface area contributed by atoms with E-state index in [-0.39, 0.29) is 12.5 Å². The van der Waals surface area contributed by atoms with Crippen LogP contribution in [-0.2, 0) is 23.9 Å². The molecule has 2 aromatic rings. The van der Waals surface area contributed by atoms with E-state index in [2.05, 4.69) is 11.9 Å². The van der Waals surface area contributed by atoms with E-state index in [4.69, 9.17) is 9.47 Å². The fourth-order valence-corrected chi connectivity index (χ4v) is 3.72. The van der Waals surface area contributed by atoms with Gasteiger partial charge in [0.2, 0.25) is 11.8 Å². The molecule has 162 valence electrons. The lowest BCUT2D eigenvalue weighted by Gasteiger charge is -2.49. The minimum Gasteiger partial charge on any atom is -0.449 e. The van der Waals surface area contributed by atoms with E-state index in [0.717, 1.165) is 11.1 Å². The summed E-state index contributed by atoms with van der Waals surface area (Å²) >= 11 is 0. The maximum absolute atomic E-state index is 13.5. The Kier molecular flexibility index (Phi) is 6.56. The van der Waals surface area contributed by atoms with Crippen molar-refractivity contribution in [1.29, 1.82) is 0 Å². The average Bonchev–Trinajstić information content (AvgIpc) is 2.77. The number of amides is 2. The van der Waals surface area contributed by atoms with Gasteiger partial charge in [-0.05, 0) is 23.6 Å². The fraction of sp³-hybridized carbons (Fsp3) is 0.292. The molecular weight excluding hydrogens is 396 g/mol. The second-order valence-corrected chi connectivity index (χ2v) is 7.44. The number of benzene rings is 2. The number of nitrogens with one attached hydrogen (secondary N) is 1. The molecule has 1 saturated heterocycles. The third kappa shape index (κ3) is 4.22. The predicted octanol–water partition coefficient (Wildman–Crippen LogP) is 2.58. The molecule has 1 fully saturated rings. The molecule has 7 heteroatoms. The number of rotatable bonds is 8. The lowest BCUT2D eigenvalue weighted by atomic mass is 9.95. The summed E-state index contributed by atoms with van der Waals surface area (Å²) in [6.45, 7) is 6.93. The average molecular weight is 422 g/mol. The molecule has 2 aromatic carbocycles. The highest BCUT2D eigenvalue weighted by Crippen LogP contribution is 2.35. The van der Waals surface area contributed by atoms with Crippen LogP contribution in [0, 0.1) is 0 Å². The highest BCUT2D eigenvalue weighted by Gasteiger charge is 2.57. The monoisotopic (exact) mass is 422 g/mol. The summed E-state index contributed by atoms with van der Waals surface area (Å²) in [5, 5.41) is 2.56. The molecule has 0 bridgehead atoms. The Morgan fingerprint density at radius 3 is 1.97 bits per heavy atom. The minimum atomic E-state index is -1.80. The van der Waals surface area contributed by atoms with Crippen LogP contribution in [-0.4, -0.2) is 48.1 Å². The molecule has 0 aliphatic carbocycles. The first-order chi connectivity index (χ1) is 14.8. The number of hydrogen-bond donors (Lipinski definition) is 1. The third-order valence-electron chi connectivity index (χ3n) is 5.27. The van der Waals surface area contributed by atoms with Gasteiger partial charge < -0.3 is 14.8 Å². The molecule has 1 heterocycles. The van der Waals surface area contributed by atoms with Crippen LogP contribution in [0.5, 0.6) is 0 Å². The van der Waals surface area contributed by atoms with Gasteiger partial charge in [0.15, 0.2) is 6.10 Å². The molecule has 2 atom stereocenters. The van der Waals surface area contributed by atoms with Gasteiger partial charge in [-0.15, -0.1) is 0 Å². The zero-order chi connectivity index (χ0) is 22.6. The van der Waals surface area contributed by atoms with E-state index in [9.17, 15) is 14.4 Å². The predicted molar refractivity (Wildman–Crippen MR) is 115 cm³/mol. The minimum absolute atomic E-state index is 0.107. The Morgan fingerprint density at radius 2 is 1.58 bits per heavy atom. The van der Waals surface area contributed by atoms with Gasteiger partial charge in [-0.25, -0.2) is 4.79 Å². The van der Waals surface area contributed by atoms with Crippen LogP contribution in [0.3, 0.4) is 0 Å². The SMILES string of the molecule is C=C(C)C(OC)(C(=O)OC(c1ccccc1)c1ccccc1)N1CC(NC(C)=O)C1=O. The number of carbonyl (C=O) groups is 3. The fourth-order valence-electron chi connectivity index (χ4n) is 3.72. The van der Waals surface area contributed by atoms with E-state index in [1.807, 2.05) is 60.7 Å². The second kappa shape index (κ2) is 9.14. The Hall–Kier alpha value is -3.45. The summed E-state index contributed by atoms with van der Waals surface area (Å²) in [6, 6.07) is 17.9. The van der Waals surface area contributed by atoms with Crippen molar-refractivity contribution in [2.75, 3.05) is 13.7 Å². The zero-order valence-corrected chi connectivity index (χ0v) is 17.8. The second-order valence-electron chi connectivity index (χ2n) is 7.44. The number of hydrogen-bond acceptors (Lipinski definition) is 5. The van der Waals surface area contributed by atoms with Crippen molar-refractivity contribution in [2.24, 2.45) is 0 Å². The maximum atomic E-state index is 13.5. The molecule has 1 N–H and O–H groups in total. The number of methoxy groups -OCH3 is 1. The number of likely N-dealkylation sites (tertiary alicyclic amines) is 1. The molecule has 1 aliphatic heterocycles. The van der Waals surface area contributed by atoms with Crippen LogP contribution in [0.2, 0.25) is 0 Å². The molecule has 1 aliphatic rings. The van der Waals surface area contributed by atoms with Gasteiger partial charge in [0, 0.05) is 14.0 Å². The molecule has 2 unspecified atom stereocenters. The number of nitrogens with zero attached hydrogens (tertiary/aromatic N) is 1. The van der Waals surface area contributed by atoms with Gasteiger partial charge >= 0.3 is 5.97 Å². The molecule has 7 nitrogen and oxygen atoms in total. The maximum Gasteiger partial charge on any atom is 0.365 e. The van der Waals surface area contributed by atoms with E-state index in [1.54, 1.807) is 6.92 Å². The number of esters is 1. The van der Waals surface area contributed by atoms with Crippen molar-refractivity contribution >= 4 is 17.8 Å². The summed E-state index contributed by atoms with van der Waals surface area (Å²) < 4.78 is 11.5. The Labute approximate surface area is 181 Å². The van der Waals surface area contributed by atoms with Gasteiger partial charge in [0.25, 0.3) is 5.72 Å². The molecule has 3 rings (SSSR count). The molecule has 0 aromatic heterocycles. The van der Waals surface area contributed by atoms with Gasteiger partial charge in [0.05, 0.1) is 6.54 Å². The van der Waals surface area contributed by atoms with Gasteiger partial charge in [-0.2, -0.15) is 0 Å². The van der Waals surface area contributed by atoms with E-state index >= 15 is 0 Å². The number of carbonyl (C=O) groups excluding carboxylic acids is 3. The first kappa shape index (κ1) is 22.2. The molecule has 2 amide bonds. The number of β-lactam (4-membered cyclic amide) rings is 1. The summed E-state index contributed by atoms with van der Waals surface area (Å²) in [6.07, 6.45) is -0.703. The smallest absolute Gasteiger partial charge is 0.365 e. The first-order valence-corrected chi connectivity index (χ1v) is 9.92. The van der Waals surface area contributed by atoms with Gasteiger partial charge in [0.1, 0.15) is 6.04 Å². The first-order valence-electron chi connectivity index (χ1n) is 9.92. The van der Waals surface area contributed by atoms with Crippen LogP contribution >= 0.6 is 0 Å². The lowest BCUT2D eigenvalue weighted by Crippen LogP contribution is -2.73. The number of ether oxygens (including phenoxy) is 2. The highest BCUT2D eigenvalue weighted by molar-refractivity contribution is 5.97.